The van der Waals surface area contributed by atoms with E-state index in [1.807, 2.05) is 5.38 Å². The zero-order valence-electron chi connectivity index (χ0n) is 12.7. The third-order valence-electron chi connectivity index (χ3n) is 3.52. The van der Waals surface area contributed by atoms with E-state index in [0.29, 0.717) is 5.13 Å². The molecule has 0 bridgehead atoms. The maximum atomic E-state index is 12.0. The smallest absolute Gasteiger partial charge is 0.226 e. The molecule has 0 spiro atoms. The van der Waals surface area contributed by atoms with Crippen molar-refractivity contribution in [3.05, 3.63) is 32.7 Å². The van der Waals surface area contributed by atoms with Gasteiger partial charge in [-0.1, -0.05) is 6.08 Å². The van der Waals surface area contributed by atoms with Crippen molar-refractivity contribution in [1.29, 1.82) is 0 Å². The second kappa shape index (κ2) is 6.18. The Bertz CT molecular complexity index is 878. The molecule has 0 radical (unpaired) electrons. The van der Waals surface area contributed by atoms with Crippen LogP contribution in [0.3, 0.4) is 0 Å². The summed E-state index contributed by atoms with van der Waals surface area (Å²) in [6, 6.07) is 2.09. The van der Waals surface area contributed by atoms with Gasteiger partial charge in [0.05, 0.1) is 11.4 Å². The number of hydrogen-bond donors (Lipinski definition) is 1. The van der Waals surface area contributed by atoms with E-state index in [-0.39, 0.29) is 24.0 Å². The number of amides is 1. The van der Waals surface area contributed by atoms with Crippen LogP contribution in [0.4, 0.5) is 5.13 Å². The summed E-state index contributed by atoms with van der Waals surface area (Å²) in [5.41, 5.74) is 1.95. The first-order chi connectivity index (χ1) is 10.8. The topological polar surface area (TPSA) is 76.1 Å². The molecule has 1 aliphatic heterocycles. The molecule has 0 fully saturated rings. The summed E-state index contributed by atoms with van der Waals surface area (Å²) in [6.07, 6.45) is 1.74. The van der Waals surface area contributed by atoms with Crippen LogP contribution in [0.2, 0.25) is 0 Å². The quantitative estimate of drug-likeness (QED) is 0.898. The Morgan fingerprint density at radius 1 is 1.43 bits per heavy atom. The molecule has 8 heteroatoms. The number of aryl methyl sites for hydroxylation is 2. The summed E-state index contributed by atoms with van der Waals surface area (Å²) < 4.78 is 22.7. The average Bonchev–Trinajstić information content (AvgIpc) is 3.10. The number of aromatic nitrogens is 1. The lowest BCUT2D eigenvalue weighted by atomic mass is 10.1. The maximum Gasteiger partial charge on any atom is 0.226 e. The zero-order chi connectivity index (χ0) is 16.6. The highest BCUT2D eigenvalue weighted by molar-refractivity contribution is 7.94. The number of anilines is 1. The Morgan fingerprint density at radius 3 is 2.83 bits per heavy atom. The second-order valence-electron chi connectivity index (χ2n) is 5.54. The van der Waals surface area contributed by atoms with E-state index < -0.39 is 9.84 Å². The van der Waals surface area contributed by atoms with Crippen molar-refractivity contribution in [2.24, 2.45) is 5.92 Å². The molecule has 1 unspecified atom stereocenters. The van der Waals surface area contributed by atoms with Crippen LogP contribution in [0.25, 0.3) is 11.3 Å². The number of allylic oxidation sites excluding steroid dienone is 1. The van der Waals surface area contributed by atoms with Gasteiger partial charge >= 0.3 is 0 Å². The van der Waals surface area contributed by atoms with Gasteiger partial charge in [-0.05, 0) is 19.9 Å². The number of nitrogens with zero attached hydrogens (tertiary/aromatic N) is 1. The predicted octanol–water partition coefficient (Wildman–Crippen LogP) is 3.38. The van der Waals surface area contributed by atoms with Gasteiger partial charge in [0.25, 0.3) is 0 Å². The molecule has 122 valence electrons. The third kappa shape index (κ3) is 3.88. The van der Waals surface area contributed by atoms with E-state index in [1.165, 1.54) is 26.5 Å². The maximum absolute atomic E-state index is 12.0. The molecule has 2 aromatic rings. The largest absolute Gasteiger partial charge is 0.302 e. The van der Waals surface area contributed by atoms with E-state index in [4.69, 9.17) is 0 Å². The molecule has 1 N–H and O–H groups in total. The first-order valence-electron chi connectivity index (χ1n) is 7.06. The van der Waals surface area contributed by atoms with Crippen LogP contribution >= 0.6 is 22.7 Å². The number of thiazole rings is 1. The monoisotopic (exact) mass is 368 g/mol. The average molecular weight is 369 g/mol. The van der Waals surface area contributed by atoms with Gasteiger partial charge in [-0.2, -0.15) is 0 Å². The Labute approximate surface area is 143 Å². The van der Waals surface area contributed by atoms with Crippen LogP contribution in [-0.4, -0.2) is 25.1 Å². The number of nitrogens with one attached hydrogen (secondary N) is 1. The molecule has 0 aliphatic carbocycles. The highest BCUT2D eigenvalue weighted by atomic mass is 32.2. The van der Waals surface area contributed by atoms with Gasteiger partial charge in [0, 0.05) is 38.4 Å². The molecule has 0 aromatic carbocycles. The molecule has 1 aliphatic rings. The summed E-state index contributed by atoms with van der Waals surface area (Å²) in [7, 11) is -3.12. The molecule has 2 aromatic heterocycles. The van der Waals surface area contributed by atoms with E-state index >= 15 is 0 Å². The van der Waals surface area contributed by atoms with Crippen molar-refractivity contribution in [1.82, 2.24) is 4.98 Å². The van der Waals surface area contributed by atoms with Gasteiger partial charge in [0.15, 0.2) is 15.0 Å². The molecule has 5 nitrogen and oxygen atoms in total. The molecule has 0 saturated carbocycles. The van der Waals surface area contributed by atoms with Gasteiger partial charge in [-0.15, -0.1) is 22.7 Å². The number of sulfone groups is 1. The summed E-state index contributed by atoms with van der Waals surface area (Å²) in [6.45, 7) is 4.11. The van der Waals surface area contributed by atoms with Crippen molar-refractivity contribution in [3.8, 4) is 11.3 Å². The van der Waals surface area contributed by atoms with Crippen molar-refractivity contribution in [3.63, 3.8) is 0 Å². The lowest BCUT2D eigenvalue weighted by molar-refractivity contribution is -0.116. The third-order valence-corrected chi connectivity index (χ3v) is 6.71. The first-order valence-corrected chi connectivity index (χ1v) is 10.5. The molecule has 3 rings (SSSR count). The standard InChI is InChI=1S/C15H16N2O3S3/c1-9-5-12(10(2)22-9)13-7-21-15(16-13)17-14(18)6-11-3-4-23(19,20)8-11/h3-5,7,11H,6,8H2,1-2H3,(H,16,17,18). The fraction of sp³-hybridized carbons (Fsp3) is 0.333. The number of carbonyl (C=O) groups is 1. The Balaban J connectivity index is 1.64. The van der Waals surface area contributed by atoms with Crippen LogP contribution in [-0.2, 0) is 14.6 Å². The van der Waals surface area contributed by atoms with E-state index in [1.54, 1.807) is 17.4 Å². The lowest BCUT2D eigenvalue weighted by Crippen LogP contribution is -2.17. The number of carbonyl (C=O) groups excluding carboxylic acids is 1. The normalized spacial score (nSPS) is 19.1. The van der Waals surface area contributed by atoms with Crippen molar-refractivity contribution in [2.45, 2.75) is 20.3 Å². The second-order valence-corrected chi connectivity index (χ2v) is 9.79. The molecule has 3 heterocycles. The van der Waals surface area contributed by atoms with Crippen molar-refractivity contribution < 1.29 is 13.2 Å². The van der Waals surface area contributed by atoms with Crippen LogP contribution in [0.15, 0.2) is 22.9 Å². The molecule has 23 heavy (non-hydrogen) atoms. The van der Waals surface area contributed by atoms with E-state index in [9.17, 15) is 13.2 Å². The van der Waals surface area contributed by atoms with Crippen LogP contribution in [0.5, 0.6) is 0 Å². The number of thiophene rings is 1. The summed E-state index contributed by atoms with van der Waals surface area (Å²) in [4.78, 5) is 18.9. The van der Waals surface area contributed by atoms with Gasteiger partial charge in [-0.25, -0.2) is 13.4 Å². The first kappa shape index (κ1) is 16.4. The molecule has 1 atom stereocenters. The van der Waals surface area contributed by atoms with E-state index in [2.05, 4.69) is 30.2 Å². The fourth-order valence-electron chi connectivity index (χ4n) is 2.52. The lowest BCUT2D eigenvalue weighted by Gasteiger charge is -2.05. The Hall–Kier alpha value is -1.51. The van der Waals surface area contributed by atoms with Crippen molar-refractivity contribution in [2.75, 3.05) is 11.1 Å². The predicted molar refractivity (Wildman–Crippen MR) is 94.6 cm³/mol. The molecular formula is C15H16N2O3S3. The molecular weight excluding hydrogens is 352 g/mol. The van der Waals surface area contributed by atoms with Gasteiger partial charge in [-0.3, -0.25) is 4.79 Å². The summed E-state index contributed by atoms with van der Waals surface area (Å²) in [5, 5.41) is 6.40. The zero-order valence-corrected chi connectivity index (χ0v) is 15.1. The minimum atomic E-state index is -3.12. The summed E-state index contributed by atoms with van der Waals surface area (Å²) in [5.74, 6) is -0.450. The Morgan fingerprint density at radius 2 is 2.22 bits per heavy atom. The number of rotatable bonds is 4. The van der Waals surface area contributed by atoms with E-state index in [0.717, 1.165) is 11.3 Å². The molecule has 1 amide bonds. The SMILES string of the molecule is Cc1cc(-c2csc(NC(=O)CC3C=CS(=O)(=O)C3)n2)c(C)s1. The van der Waals surface area contributed by atoms with Gasteiger partial charge < -0.3 is 5.32 Å². The highest BCUT2D eigenvalue weighted by Crippen LogP contribution is 2.32. The fourth-order valence-corrected chi connectivity index (χ4v) is 5.57. The number of hydrogen-bond acceptors (Lipinski definition) is 6. The van der Waals surface area contributed by atoms with Crippen molar-refractivity contribution >= 4 is 43.5 Å². The van der Waals surface area contributed by atoms with Crippen LogP contribution in [0.1, 0.15) is 16.2 Å². The van der Waals surface area contributed by atoms with Crippen LogP contribution in [0, 0.1) is 19.8 Å². The van der Waals surface area contributed by atoms with Gasteiger partial charge in [0.1, 0.15) is 0 Å². The molecule has 0 saturated heterocycles. The minimum absolute atomic E-state index is 0.0108. The highest BCUT2D eigenvalue weighted by Gasteiger charge is 2.24. The van der Waals surface area contributed by atoms with Gasteiger partial charge in [0.2, 0.25) is 5.91 Å². The van der Waals surface area contributed by atoms with Crippen LogP contribution < -0.4 is 5.32 Å². The minimum Gasteiger partial charge on any atom is -0.302 e. The Kier molecular flexibility index (Phi) is 4.39. The summed E-state index contributed by atoms with van der Waals surface area (Å²) >= 11 is 3.09.